The predicted octanol–water partition coefficient (Wildman–Crippen LogP) is 23.9. The standard InChI is InChI=1S/C80H156O17P2/c1-7-10-12-14-16-18-19-33-40-46-52-58-64-79(84)96-75(68-90-77(82)62-56-50-44-36-17-15-13-11-8-2)70-94-98(86,87)92-66-74(81)67-93-99(88,89)95-71-76(69-91-78(83)63-57-51-45-39-34-30-26-27-31-37-42-48-54-60-72(4)5)97-80(85)65-59-53-47-41-35-29-25-23-21-20-22-24-28-32-38-43-49-55-61-73(6)9-3/h72-76,81H,7-71H2,1-6H3,(H,86,87)(H,88,89)/t73?,74-,75+,76+/m0/s1. The number of ether oxygens (including phenoxy) is 4. The van der Waals surface area contributed by atoms with E-state index in [2.05, 4.69) is 41.5 Å². The molecule has 0 aromatic rings. The normalized spacial score (nSPS) is 14.2. The Kier molecular flexibility index (Phi) is 70.3. The van der Waals surface area contributed by atoms with Gasteiger partial charge in [-0.25, -0.2) is 9.13 Å². The summed E-state index contributed by atoms with van der Waals surface area (Å²) in [6.45, 7) is 9.69. The number of carbonyl (C=O) groups excluding carboxylic acids is 4. The lowest BCUT2D eigenvalue weighted by Crippen LogP contribution is -2.30. The largest absolute Gasteiger partial charge is 0.472 e. The van der Waals surface area contributed by atoms with Gasteiger partial charge in [0.1, 0.15) is 19.3 Å². The van der Waals surface area contributed by atoms with E-state index in [0.717, 1.165) is 102 Å². The molecular formula is C80H156O17P2. The van der Waals surface area contributed by atoms with E-state index in [1.807, 2.05) is 0 Å². The first-order chi connectivity index (χ1) is 47.9. The zero-order valence-corrected chi connectivity index (χ0v) is 66.6. The summed E-state index contributed by atoms with van der Waals surface area (Å²) < 4.78 is 68.6. The molecule has 0 radical (unpaired) electrons. The molecule has 0 saturated heterocycles. The van der Waals surface area contributed by atoms with Crippen molar-refractivity contribution in [1.29, 1.82) is 0 Å². The monoisotopic (exact) mass is 1450 g/mol. The molecule has 0 aliphatic heterocycles. The van der Waals surface area contributed by atoms with Gasteiger partial charge in [0.05, 0.1) is 26.4 Å². The van der Waals surface area contributed by atoms with E-state index in [4.69, 9.17) is 37.0 Å². The number of aliphatic hydroxyl groups excluding tert-OH is 1. The van der Waals surface area contributed by atoms with Crippen LogP contribution in [-0.4, -0.2) is 96.7 Å². The molecule has 99 heavy (non-hydrogen) atoms. The second-order valence-corrected chi connectivity index (χ2v) is 32.4. The molecule has 3 unspecified atom stereocenters. The molecule has 0 heterocycles. The van der Waals surface area contributed by atoms with Crippen molar-refractivity contribution in [2.24, 2.45) is 11.8 Å². The molecule has 0 amide bonds. The fourth-order valence-corrected chi connectivity index (χ4v) is 13.9. The molecule has 0 aromatic heterocycles. The van der Waals surface area contributed by atoms with Crippen molar-refractivity contribution in [3.05, 3.63) is 0 Å². The second kappa shape index (κ2) is 71.7. The molecule has 0 rings (SSSR count). The highest BCUT2D eigenvalue weighted by Crippen LogP contribution is 2.45. The van der Waals surface area contributed by atoms with E-state index >= 15 is 0 Å². The van der Waals surface area contributed by atoms with Crippen LogP contribution in [0.3, 0.4) is 0 Å². The smallest absolute Gasteiger partial charge is 0.462 e. The lowest BCUT2D eigenvalue weighted by molar-refractivity contribution is -0.161. The predicted molar refractivity (Wildman–Crippen MR) is 405 cm³/mol. The Labute approximate surface area is 607 Å². The number of esters is 4. The first kappa shape index (κ1) is 97.1. The summed E-state index contributed by atoms with van der Waals surface area (Å²) in [6, 6.07) is 0. The van der Waals surface area contributed by atoms with Crippen LogP contribution >= 0.6 is 15.6 Å². The van der Waals surface area contributed by atoms with Gasteiger partial charge in [-0.2, -0.15) is 0 Å². The van der Waals surface area contributed by atoms with E-state index in [9.17, 15) is 43.2 Å². The first-order valence-corrected chi connectivity index (χ1v) is 44.5. The third kappa shape index (κ3) is 72.8. The molecule has 0 fully saturated rings. The van der Waals surface area contributed by atoms with Gasteiger partial charge >= 0.3 is 39.5 Å². The number of aliphatic hydroxyl groups is 1. The average Bonchev–Trinajstić information content (AvgIpc) is 1.07. The van der Waals surface area contributed by atoms with Crippen molar-refractivity contribution < 1.29 is 80.2 Å². The number of phosphoric acid groups is 2. The molecule has 0 bridgehead atoms. The minimum atomic E-state index is -4.96. The molecule has 0 aliphatic carbocycles. The van der Waals surface area contributed by atoms with Gasteiger partial charge < -0.3 is 33.8 Å². The van der Waals surface area contributed by atoms with Gasteiger partial charge in [-0.15, -0.1) is 0 Å². The quantitative estimate of drug-likeness (QED) is 0.0222. The molecule has 19 heteroatoms. The van der Waals surface area contributed by atoms with E-state index < -0.39 is 97.5 Å². The van der Waals surface area contributed by atoms with E-state index in [1.54, 1.807) is 0 Å². The summed E-state index contributed by atoms with van der Waals surface area (Å²) in [6.07, 6.45) is 61.0. The summed E-state index contributed by atoms with van der Waals surface area (Å²) >= 11 is 0. The number of carbonyl (C=O) groups is 4. The molecule has 17 nitrogen and oxygen atoms in total. The topological polar surface area (TPSA) is 237 Å². The van der Waals surface area contributed by atoms with E-state index in [-0.39, 0.29) is 25.7 Å². The van der Waals surface area contributed by atoms with Crippen LogP contribution in [0.2, 0.25) is 0 Å². The van der Waals surface area contributed by atoms with Gasteiger partial charge in [0.25, 0.3) is 0 Å². The Morgan fingerprint density at radius 2 is 0.515 bits per heavy atom. The Hall–Kier alpha value is -1.94. The average molecular weight is 1450 g/mol. The SMILES string of the molecule is CCCCCCCCCCCCCCC(=O)O[C@H](COC(=O)CCCCCCCCCCC)COP(=O)(O)OC[C@H](O)COP(=O)(O)OC[C@@H](COC(=O)CCCCCCCCCCCCCCCC(C)C)OC(=O)CCCCCCCCCCCCCCCCCCCCC(C)CC. The summed E-state index contributed by atoms with van der Waals surface area (Å²) in [5.41, 5.74) is 0. The third-order valence-electron chi connectivity index (χ3n) is 19.1. The number of phosphoric ester groups is 2. The number of unbranched alkanes of at least 4 members (excludes halogenated alkanes) is 48. The highest BCUT2D eigenvalue weighted by molar-refractivity contribution is 7.47. The highest BCUT2D eigenvalue weighted by Gasteiger charge is 2.30. The minimum Gasteiger partial charge on any atom is -0.462 e. The van der Waals surface area contributed by atoms with Crippen LogP contribution in [0.1, 0.15) is 420 Å². The minimum absolute atomic E-state index is 0.107. The second-order valence-electron chi connectivity index (χ2n) is 29.5. The van der Waals surface area contributed by atoms with Crippen molar-refractivity contribution in [3.8, 4) is 0 Å². The van der Waals surface area contributed by atoms with Gasteiger partial charge in [-0.1, -0.05) is 369 Å². The fourth-order valence-electron chi connectivity index (χ4n) is 12.3. The Bertz CT molecular complexity index is 1910. The van der Waals surface area contributed by atoms with Crippen molar-refractivity contribution in [3.63, 3.8) is 0 Å². The van der Waals surface area contributed by atoms with Crippen molar-refractivity contribution in [2.75, 3.05) is 39.6 Å². The zero-order chi connectivity index (χ0) is 72.8. The Morgan fingerprint density at radius 1 is 0.293 bits per heavy atom. The zero-order valence-electron chi connectivity index (χ0n) is 64.8. The number of hydrogen-bond donors (Lipinski definition) is 3. The molecular weight excluding hydrogens is 1290 g/mol. The van der Waals surface area contributed by atoms with Gasteiger partial charge in [0.2, 0.25) is 0 Å². The van der Waals surface area contributed by atoms with Crippen molar-refractivity contribution >= 4 is 39.5 Å². The maximum Gasteiger partial charge on any atom is 0.472 e. The summed E-state index contributed by atoms with van der Waals surface area (Å²) in [7, 11) is -9.91. The van der Waals surface area contributed by atoms with Gasteiger partial charge in [-0.3, -0.25) is 37.3 Å². The van der Waals surface area contributed by atoms with Crippen LogP contribution in [0.25, 0.3) is 0 Å². The van der Waals surface area contributed by atoms with Gasteiger partial charge in [0.15, 0.2) is 12.2 Å². The summed E-state index contributed by atoms with van der Waals surface area (Å²) in [5.74, 6) is -0.448. The fraction of sp³-hybridized carbons (Fsp3) is 0.950. The number of hydrogen-bond acceptors (Lipinski definition) is 15. The van der Waals surface area contributed by atoms with E-state index in [0.29, 0.717) is 25.7 Å². The van der Waals surface area contributed by atoms with E-state index in [1.165, 1.54) is 238 Å². The summed E-state index contributed by atoms with van der Waals surface area (Å²) in [5, 5.41) is 10.6. The molecule has 588 valence electrons. The lowest BCUT2D eigenvalue weighted by Gasteiger charge is -2.21. The van der Waals surface area contributed by atoms with Crippen molar-refractivity contribution in [2.45, 2.75) is 439 Å². The molecule has 0 aliphatic rings. The van der Waals surface area contributed by atoms with Gasteiger partial charge in [-0.05, 0) is 37.5 Å². The molecule has 3 N–H and O–H groups in total. The van der Waals surface area contributed by atoms with Crippen molar-refractivity contribution in [1.82, 2.24) is 0 Å². The van der Waals surface area contributed by atoms with Crippen LogP contribution in [-0.2, 0) is 65.4 Å². The maximum atomic E-state index is 13.1. The molecule has 0 aromatic carbocycles. The van der Waals surface area contributed by atoms with Crippen LogP contribution in [0, 0.1) is 11.8 Å². The first-order valence-electron chi connectivity index (χ1n) is 41.5. The molecule has 6 atom stereocenters. The van der Waals surface area contributed by atoms with Crippen LogP contribution in [0.15, 0.2) is 0 Å². The highest BCUT2D eigenvalue weighted by atomic mass is 31.2. The Morgan fingerprint density at radius 3 is 0.768 bits per heavy atom. The Balaban J connectivity index is 5.19. The maximum absolute atomic E-state index is 13.1. The third-order valence-corrected chi connectivity index (χ3v) is 21.0. The van der Waals surface area contributed by atoms with Crippen LogP contribution in [0.5, 0.6) is 0 Å². The summed E-state index contributed by atoms with van der Waals surface area (Å²) in [4.78, 5) is 72.9. The van der Waals surface area contributed by atoms with Gasteiger partial charge in [0, 0.05) is 25.7 Å². The number of rotatable bonds is 79. The lowest BCUT2D eigenvalue weighted by atomic mass is 9.99. The molecule has 0 saturated carbocycles. The van der Waals surface area contributed by atoms with Crippen LogP contribution in [0.4, 0.5) is 0 Å². The van der Waals surface area contributed by atoms with Crippen LogP contribution < -0.4 is 0 Å². The molecule has 0 spiro atoms.